The molecule has 16 heavy (non-hydrogen) atoms. The van der Waals surface area contributed by atoms with Gasteiger partial charge in [-0.05, 0) is 25.5 Å². The van der Waals surface area contributed by atoms with Gasteiger partial charge in [0.25, 0.3) is 5.91 Å². The third-order valence-electron chi connectivity index (χ3n) is 2.12. The van der Waals surface area contributed by atoms with Crippen LogP contribution in [0.25, 0.3) is 0 Å². The van der Waals surface area contributed by atoms with E-state index in [0.717, 1.165) is 12.6 Å². The molecule has 1 heterocycles. The van der Waals surface area contributed by atoms with Crippen molar-refractivity contribution in [1.82, 2.24) is 9.88 Å². The van der Waals surface area contributed by atoms with Gasteiger partial charge in [-0.3, -0.25) is 4.79 Å². The Morgan fingerprint density at radius 2 is 2.31 bits per heavy atom. The number of pyridine rings is 1. The Bertz CT molecular complexity index is 352. The Morgan fingerprint density at radius 3 is 2.75 bits per heavy atom. The summed E-state index contributed by atoms with van der Waals surface area (Å²) < 4.78 is 12.6. The molecule has 0 saturated carbocycles. The number of aliphatic hydroxyl groups is 1. The Kier molecular flexibility index (Phi) is 4.37. The molecule has 4 nitrogen and oxygen atoms in total. The zero-order valence-electron chi connectivity index (χ0n) is 9.35. The van der Waals surface area contributed by atoms with Crippen LogP contribution >= 0.6 is 0 Å². The second-order valence-corrected chi connectivity index (χ2v) is 3.49. The Balaban J connectivity index is 2.86. The molecule has 1 aromatic heterocycles. The van der Waals surface area contributed by atoms with Crippen LogP contribution in [0.5, 0.6) is 0 Å². The highest BCUT2D eigenvalue weighted by Gasteiger charge is 2.19. The summed E-state index contributed by atoms with van der Waals surface area (Å²) in [5.74, 6) is -0.882. The quantitative estimate of drug-likeness (QED) is 0.790. The zero-order chi connectivity index (χ0) is 12.1. The minimum Gasteiger partial charge on any atom is -0.374 e. The lowest BCUT2D eigenvalue weighted by molar-refractivity contribution is 0.0171. The van der Waals surface area contributed by atoms with Gasteiger partial charge >= 0.3 is 0 Å². The predicted octanol–water partition coefficient (Wildman–Crippen LogP) is 1.41. The van der Waals surface area contributed by atoms with E-state index in [2.05, 4.69) is 4.98 Å². The highest BCUT2D eigenvalue weighted by atomic mass is 19.1. The molecular formula is C11H15FN2O2. The Labute approximate surface area is 93.7 Å². The van der Waals surface area contributed by atoms with Gasteiger partial charge in [-0.15, -0.1) is 0 Å². The van der Waals surface area contributed by atoms with E-state index < -0.39 is 18.0 Å². The number of hydrogen-bond acceptors (Lipinski definition) is 3. The molecule has 0 radical (unpaired) electrons. The second kappa shape index (κ2) is 5.55. The smallest absolute Gasteiger partial charge is 0.274 e. The van der Waals surface area contributed by atoms with Gasteiger partial charge in [-0.2, -0.15) is 0 Å². The van der Waals surface area contributed by atoms with Crippen LogP contribution in [0.1, 0.15) is 30.8 Å². The van der Waals surface area contributed by atoms with E-state index in [4.69, 9.17) is 0 Å². The summed E-state index contributed by atoms with van der Waals surface area (Å²) in [6, 6.07) is 2.48. The molecule has 0 spiro atoms. The molecule has 88 valence electrons. The van der Waals surface area contributed by atoms with E-state index in [1.807, 2.05) is 6.92 Å². The van der Waals surface area contributed by atoms with Crippen LogP contribution < -0.4 is 0 Å². The van der Waals surface area contributed by atoms with Crippen LogP contribution in [-0.2, 0) is 0 Å². The lowest BCUT2D eigenvalue weighted by Crippen LogP contribution is -2.39. The SMILES string of the molecule is CCCN(C(=O)c1ccc(F)cn1)C(C)O. The number of carbonyl (C=O) groups is 1. The minimum atomic E-state index is -0.876. The van der Waals surface area contributed by atoms with E-state index >= 15 is 0 Å². The first-order valence-electron chi connectivity index (χ1n) is 5.16. The molecule has 1 amide bonds. The van der Waals surface area contributed by atoms with Gasteiger partial charge < -0.3 is 10.0 Å². The van der Waals surface area contributed by atoms with Crippen molar-refractivity contribution in [2.45, 2.75) is 26.5 Å². The van der Waals surface area contributed by atoms with Gasteiger partial charge in [0, 0.05) is 6.54 Å². The van der Waals surface area contributed by atoms with Gasteiger partial charge in [-0.1, -0.05) is 6.92 Å². The van der Waals surface area contributed by atoms with Gasteiger partial charge in [-0.25, -0.2) is 9.37 Å². The highest BCUT2D eigenvalue weighted by Crippen LogP contribution is 2.06. The van der Waals surface area contributed by atoms with Crippen LogP contribution in [0.2, 0.25) is 0 Å². The molecule has 0 saturated heterocycles. The van der Waals surface area contributed by atoms with Crippen molar-refractivity contribution in [2.75, 3.05) is 6.54 Å². The highest BCUT2D eigenvalue weighted by molar-refractivity contribution is 5.92. The number of amides is 1. The number of carbonyl (C=O) groups excluding carboxylic acids is 1. The van der Waals surface area contributed by atoms with Crippen LogP contribution in [-0.4, -0.2) is 33.7 Å². The van der Waals surface area contributed by atoms with Crippen molar-refractivity contribution in [3.63, 3.8) is 0 Å². The first kappa shape index (κ1) is 12.6. The monoisotopic (exact) mass is 226 g/mol. The summed E-state index contributed by atoms with van der Waals surface area (Å²) in [6.45, 7) is 3.85. The molecule has 0 bridgehead atoms. The fraction of sp³-hybridized carbons (Fsp3) is 0.455. The van der Waals surface area contributed by atoms with Crippen LogP contribution in [0.3, 0.4) is 0 Å². The number of aromatic nitrogens is 1. The molecule has 0 aromatic carbocycles. The van der Waals surface area contributed by atoms with Crippen molar-refractivity contribution >= 4 is 5.91 Å². The fourth-order valence-corrected chi connectivity index (χ4v) is 1.35. The maximum atomic E-state index is 12.6. The van der Waals surface area contributed by atoms with Crippen LogP contribution in [0, 0.1) is 5.82 Å². The third-order valence-corrected chi connectivity index (χ3v) is 2.12. The number of aliphatic hydroxyl groups excluding tert-OH is 1. The Morgan fingerprint density at radius 1 is 1.62 bits per heavy atom. The number of hydrogen-bond donors (Lipinski definition) is 1. The standard InChI is InChI=1S/C11H15FN2O2/c1-3-6-14(8(2)15)11(16)10-5-4-9(12)7-13-10/h4-5,7-8,15H,3,6H2,1-2H3. The van der Waals surface area contributed by atoms with Gasteiger partial charge in [0.2, 0.25) is 0 Å². The van der Waals surface area contributed by atoms with E-state index in [0.29, 0.717) is 6.54 Å². The molecule has 0 fully saturated rings. The summed E-state index contributed by atoms with van der Waals surface area (Å²) >= 11 is 0. The molecule has 1 N–H and O–H groups in total. The lowest BCUT2D eigenvalue weighted by Gasteiger charge is -2.24. The molecular weight excluding hydrogens is 211 g/mol. The maximum absolute atomic E-state index is 12.6. The van der Waals surface area contributed by atoms with E-state index in [1.165, 1.54) is 24.0 Å². The number of rotatable bonds is 4. The number of nitrogens with zero attached hydrogens (tertiary/aromatic N) is 2. The molecule has 1 aromatic rings. The zero-order valence-corrected chi connectivity index (χ0v) is 9.35. The maximum Gasteiger partial charge on any atom is 0.274 e. The summed E-state index contributed by atoms with van der Waals surface area (Å²) in [5.41, 5.74) is 0.135. The third kappa shape index (κ3) is 3.00. The van der Waals surface area contributed by atoms with Crippen molar-refractivity contribution in [3.05, 3.63) is 29.8 Å². The normalized spacial score (nSPS) is 12.2. The van der Waals surface area contributed by atoms with E-state index in [9.17, 15) is 14.3 Å². The molecule has 0 aliphatic rings. The van der Waals surface area contributed by atoms with Crippen molar-refractivity contribution < 1.29 is 14.3 Å². The van der Waals surface area contributed by atoms with E-state index in [-0.39, 0.29) is 5.69 Å². The molecule has 1 rings (SSSR count). The van der Waals surface area contributed by atoms with Gasteiger partial charge in [0.15, 0.2) is 0 Å². The molecule has 0 aliphatic heterocycles. The van der Waals surface area contributed by atoms with E-state index in [1.54, 1.807) is 0 Å². The summed E-state index contributed by atoms with van der Waals surface area (Å²) in [7, 11) is 0. The molecule has 1 unspecified atom stereocenters. The van der Waals surface area contributed by atoms with Crippen molar-refractivity contribution in [2.24, 2.45) is 0 Å². The molecule has 1 atom stereocenters. The number of halogens is 1. The average Bonchev–Trinajstić information content (AvgIpc) is 2.25. The predicted molar refractivity (Wildman–Crippen MR) is 57.2 cm³/mol. The van der Waals surface area contributed by atoms with Gasteiger partial charge in [0.05, 0.1) is 6.20 Å². The lowest BCUT2D eigenvalue weighted by atomic mass is 10.3. The molecule has 0 aliphatic carbocycles. The minimum absolute atomic E-state index is 0.135. The second-order valence-electron chi connectivity index (χ2n) is 3.49. The summed E-state index contributed by atoms with van der Waals surface area (Å²) in [5, 5.41) is 9.43. The van der Waals surface area contributed by atoms with Gasteiger partial charge in [0.1, 0.15) is 17.7 Å². The Hall–Kier alpha value is -1.49. The van der Waals surface area contributed by atoms with Crippen LogP contribution in [0.4, 0.5) is 4.39 Å². The summed E-state index contributed by atoms with van der Waals surface area (Å²) in [6.07, 6.45) is 0.844. The topological polar surface area (TPSA) is 53.4 Å². The first-order valence-corrected chi connectivity index (χ1v) is 5.16. The fourth-order valence-electron chi connectivity index (χ4n) is 1.35. The average molecular weight is 226 g/mol. The van der Waals surface area contributed by atoms with Crippen molar-refractivity contribution in [3.8, 4) is 0 Å². The molecule has 5 heteroatoms. The van der Waals surface area contributed by atoms with Crippen molar-refractivity contribution in [1.29, 1.82) is 0 Å². The largest absolute Gasteiger partial charge is 0.374 e. The summed E-state index contributed by atoms with van der Waals surface area (Å²) in [4.78, 5) is 16.8. The first-order chi connectivity index (χ1) is 7.56. The van der Waals surface area contributed by atoms with Crippen LogP contribution in [0.15, 0.2) is 18.3 Å².